The number of rotatable bonds is 3. The number of benzene rings is 1. The molecule has 0 aliphatic rings. The summed E-state index contributed by atoms with van der Waals surface area (Å²) >= 11 is 0. The molecule has 2 aromatic heterocycles. The molecule has 21 heavy (non-hydrogen) atoms. The summed E-state index contributed by atoms with van der Waals surface area (Å²) in [4.78, 5) is 23.6. The van der Waals surface area contributed by atoms with Gasteiger partial charge < -0.3 is 10.3 Å². The molecular formula is C16H14N4O. The van der Waals surface area contributed by atoms with E-state index < -0.39 is 0 Å². The van der Waals surface area contributed by atoms with Gasteiger partial charge in [-0.3, -0.25) is 9.78 Å². The molecule has 0 bridgehead atoms. The number of H-pyrrole nitrogens is 1. The summed E-state index contributed by atoms with van der Waals surface area (Å²) in [7, 11) is 0. The first-order chi connectivity index (χ1) is 10.2. The Morgan fingerprint density at radius 3 is 2.81 bits per heavy atom. The number of aryl methyl sites for hydroxylation is 1. The van der Waals surface area contributed by atoms with Gasteiger partial charge in [0, 0.05) is 35.5 Å². The van der Waals surface area contributed by atoms with Gasteiger partial charge in [-0.15, -0.1) is 0 Å². The number of amides is 1. The molecule has 0 saturated heterocycles. The third-order valence-corrected chi connectivity index (χ3v) is 3.14. The van der Waals surface area contributed by atoms with E-state index in [2.05, 4.69) is 20.3 Å². The Bertz CT molecular complexity index is 765. The molecule has 104 valence electrons. The number of aromatic amines is 1. The fourth-order valence-corrected chi connectivity index (χ4v) is 2.09. The molecule has 0 unspecified atom stereocenters. The van der Waals surface area contributed by atoms with E-state index in [-0.39, 0.29) is 5.91 Å². The van der Waals surface area contributed by atoms with E-state index in [0.29, 0.717) is 11.3 Å². The molecule has 3 rings (SSSR count). The van der Waals surface area contributed by atoms with Crippen molar-refractivity contribution in [2.75, 3.05) is 5.32 Å². The van der Waals surface area contributed by atoms with Gasteiger partial charge in [0.05, 0.1) is 5.56 Å². The lowest BCUT2D eigenvalue weighted by atomic mass is 10.1. The van der Waals surface area contributed by atoms with Crippen LogP contribution in [0.5, 0.6) is 0 Å². The monoisotopic (exact) mass is 278 g/mol. The number of pyridine rings is 1. The van der Waals surface area contributed by atoms with Crippen LogP contribution in [0.2, 0.25) is 0 Å². The Hall–Kier alpha value is -2.95. The van der Waals surface area contributed by atoms with Gasteiger partial charge in [-0.1, -0.05) is 12.1 Å². The summed E-state index contributed by atoms with van der Waals surface area (Å²) in [5.41, 5.74) is 2.91. The third kappa shape index (κ3) is 2.81. The van der Waals surface area contributed by atoms with Crippen LogP contribution in [0.3, 0.4) is 0 Å². The average Bonchev–Trinajstić information content (AvgIpc) is 3.02. The highest BCUT2D eigenvalue weighted by molar-refractivity contribution is 6.05. The highest BCUT2D eigenvalue weighted by atomic mass is 16.1. The molecule has 5 nitrogen and oxygen atoms in total. The van der Waals surface area contributed by atoms with Crippen LogP contribution in [-0.2, 0) is 0 Å². The van der Waals surface area contributed by atoms with Crippen molar-refractivity contribution in [2.45, 2.75) is 6.92 Å². The van der Waals surface area contributed by atoms with Crippen molar-refractivity contribution in [2.24, 2.45) is 0 Å². The lowest BCUT2D eigenvalue weighted by Crippen LogP contribution is -2.13. The molecule has 2 N–H and O–H groups in total. The topological polar surface area (TPSA) is 70.7 Å². The molecule has 0 aliphatic heterocycles. The zero-order valence-corrected chi connectivity index (χ0v) is 11.5. The minimum atomic E-state index is -0.169. The van der Waals surface area contributed by atoms with Crippen molar-refractivity contribution in [3.63, 3.8) is 0 Å². The quantitative estimate of drug-likeness (QED) is 0.773. The van der Waals surface area contributed by atoms with Crippen molar-refractivity contribution >= 4 is 11.6 Å². The van der Waals surface area contributed by atoms with E-state index >= 15 is 0 Å². The number of hydrogen-bond acceptors (Lipinski definition) is 3. The molecule has 0 saturated carbocycles. The lowest BCUT2D eigenvalue weighted by molar-refractivity contribution is 0.102. The van der Waals surface area contributed by atoms with Crippen molar-refractivity contribution < 1.29 is 4.79 Å². The number of hydrogen-bond donors (Lipinski definition) is 2. The lowest BCUT2D eigenvalue weighted by Gasteiger charge is -2.08. The second-order valence-corrected chi connectivity index (χ2v) is 4.61. The second kappa shape index (κ2) is 5.58. The van der Waals surface area contributed by atoms with Gasteiger partial charge in [-0.25, -0.2) is 4.98 Å². The van der Waals surface area contributed by atoms with Crippen LogP contribution in [0.15, 0.2) is 55.0 Å². The number of imidazole rings is 1. The number of nitrogens with zero attached hydrogens (tertiary/aromatic N) is 2. The van der Waals surface area contributed by atoms with E-state index in [4.69, 9.17) is 0 Å². The van der Waals surface area contributed by atoms with Gasteiger partial charge in [0.15, 0.2) is 0 Å². The maximum atomic E-state index is 12.3. The molecule has 5 heteroatoms. The van der Waals surface area contributed by atoms with Gasteiger partial charge in [0.1, 0.15) is 5.82 Å². The van der Waals surface area contributed by atoms with Crippen LogP contribution in [0, 0.1) is 6.92 Å². The summed E-state index contributed by atoms with van der Waals surface area (Å²) in [6.45, 7) is 1.81. The molecular weight excluding hydrogens is 264 g/mol. The number of nitrogens with one attached hydrogen (secondary N) is 2. The second-order valence-electron chi connectivity index (χ2n) is 4.61. The Labute approximate surface area is 122 Å². The summed E-state index contributed by atoms with van der Waals surface area (Å²) in [5, 5.41) is 2.88. The first-order valence-electron chi connectivity index (χ1n) is 6.57. The predicted molar refractivity (Wildman–Crippen MR) is 81.0 cm³/mol. The first kappa shape index (κ1) is 13.1. The maximum absolute atomic E-state index is 12.3. The Morgan fingerprint density at radius 2 is 2.05 bits per heavy atom. The largest absolute Gasteiger partial charge is 0.345 e. The van der Waals surface area contributed by atoms with Crippen LogP contribution in [0.1, 0.15) is 16.1 Å². The van der Waals surface area contributed by atoms with Gasteiger partial charge >= 0.3 is 0 Å². The first-order valence-corrected chi connectivity index (χ1v) is 6.57. The molecule has 0 atom stereocenters. The van der Waals surface area contributed by atoms with Crippen LogP contribution < -0.4 is 5.32 Å². The highest BCUT2D eigenvalue weighted by Crippen LogP contribution is 2.19. The normalized spacial score (nSPS) is 10.3. The fraction of sp³-hybridized carbons (Fsp3) is 0.0625. The van der Waals surface area contributed by atoms with E-state index in [1.54, 1.807) is 30.7 Å². The SMILES string of the molecule is Cc1ncccc1C(=O)Nc1cccc(-c2ncc[nH]2)c1. The van der Waals surface area contributed by atoms with E-state index in [9.17, 15) is 4.79 Å². The van der Waals surface area contributed by atoms with Gasteiger partial charge in [-0.2, -0.15) is 0 Å². The molecule has 0 radical (unpaired) electrons. The Kier molecular flexibility index (Phi) is 3.47. The minimum absolute atomic E-state index is 0.169. The standard InChI is InChI=1S/C16H14N4O/c1-11-14(6-3-7-17-11)16(21)20-13-5-2-4-12(10-13)15-18-8-9-19-15/h2-10H,1H3,(H,18,19)(H,20,21). The van der Waals surface area contributed by atoms with E-state index in [0.717, 1.165) is 17.1 Å². The van der Waals surface area contributed by atoms with Crippen molar-refractivity contribution in [3.8, 4) is 11.4 Å². The number of anilines is 1. The summed E-state index contributed by atoms with van der Waals surface area (Å²) < 4.78 is 0. The van der Waals surface area contributed by atoms with Crippen molar-refractivity contribution in [3.05, 3.63) is 66.2 Å². The van der Waals surface area contributed by atoms with Crippen LogP contribution >= 0.6 is 0 Å². The zero-order chi connectivity index (χ0) is 14.7. The van der Waals surface area contributed by atoms with E-state index in [1.807, 2.05) is 31.2 Å². The number of carbonyl (C=O) groups excluding carboxylic acids is 1. The van der Waals surface area contributed by atoms with Crippen LogP contribution in [0.4, 0.5) is 5.69 Å². The zero-order valence-electron chi connectivity index (χ0n) is 11.5. The molecule has 3 aromatic rings. The predicted octanol–water partition coefficient (Wildman–Crippen LogP) is 3.03. The Morgan fingerprint density at radius 1 is 1.14 bits per heavy atom. The van der Waals surface area contributed by atoms with Crippen molar-refractivity contribution in [1.29, 1.82) is 0 Å². The highest BCUT2D eigenvalue weighted by Gasteiger charge is 2.10. The van der Waals surface area contributed by atoms with Gasteiger partial charge in [-0.05, 0) is 31.2 Å². The Balaban J connectivity index is 1.84. The van der Waals surface area contributed by atoms with Crippen molar-refractivity contribution in [1.82, 2.24) is 15.0 Å². The molecule has 2 heterocycles. The van der Waals surface area contributed by atoms with Gasteiger partial charge in [0.2, 0.25) is 0 Å². The molecule has 1 amide bonds. The molecule has 0 fully saturated rings. The molecule has 0 aliphatic carbocycles. The third-order valence-electron chi connectivity index (χ3n) is 3.14. The minimum Gasteiger partial charge on any atom is -0.345 e. The average molecular weight is 278 g/mol. The number of aromatic nitrogens is 3. The maximum Gasteiger partial charge on any atom is 0.257 e. The summed E-state index contributed by atoms with van der Waals surface area (Å²) in [6.07, 6.45) is 5.13. The molecule has 0 spiro atoms. The molecule has 1 aromatic carbocycles. The smallest absolute Gasteiger partial charge is 0.257 e. The van der Waals surface area contributed by atoms with E-state index in [1.165, 1.54) is 0 Å². The van der Waals surface area contributed by atoms with Gasteiger partial charge in [0.25, 0.3) is 5.91 Å². The summed E-state index contributed by atoms with van der Waals surface area (Å²) in [5.74, 6) is 0.598. The van der Waals surface area contributed by atoms with Crippen LogP contribution in [-0.4, -0.2) is 20.9 Å². The summed E-state index contributed by atoms with van der Waals surface area (Å²) in [6, 6.07) is 11.0. The number of carbonyl (C=O) groups is 1. The van der Waals surface area contributed by atoms with Crippen LogP contribution in [0.25, 0.3) is 11.4 Å². The fourth-order valence-electron chi connectivity index (χ4n) is 2.09.